The minimum Gasteiger partial charge on any atom is -0.390 e. The molecular weight excluding hydrogens is 554 g/mol. The minimum absolute atomic E-state index is 0.0349. The number of aryl methyl sites for hydroxylation is 1. The van der Waals surface area contributed by atoms with Crippen LogP contribution in [-0.2, 0) is 4.79 Å². The largest absolute Gasteiger partial charge is 0.390 e. The topological polar surface area (TPSA) is 127 Å². The number of fused-ring (bicyclic) bond motifs is 1. The fraction of sp³-hybridized carbons (Fsp3) is 0.344. The summed E-state index contributed by atoms with van der Waals surface area (Å²) in [5.41, 5.74) is 4.89. The number of nitrogens with zero attached hydrogens (tertiary/aromatic N) is 1. The lowest BCUT2D eigenvalue weighted by Crippen LogP contribution is -2.40. The van der Waals surface area contributed by atoms with Gasteiger partial charge in [-0.3, -0.25) is 14.4 Å². The molecule has 2 heterocycles. The highest BCUT2D eigenvalue weighted by molar-refractivity contribution is 6.35. The molecule has 42 heavy (non-hydrogen) atoms. The molecule has 5 N–H and O–H groups in total. The molecule has 4 rings (SSSR count). The summed E-state index contributed by atoms with van der Waals surface area (Å²) in [5.74, 6) is -0.890. The number of aromatic amines is 1. The third kappa shape index (κ3) is 6.92. The Labute approximate surface area is 251 Å². The first-order valence-electron chi connectivity index (χ1n) is 14.2. The van der Waals surface area contributed by atoms with Crippen molar-refractivity contribution in [1.29, 1.82) is 0 Å². The van der Waals surface area contributed by atoms with Crippen molar-refractivity contribution in [3.63, 3.8) is 0 Å². The van der Waals surface area contributed by atoms with Crippen molar-refractivity contribution in [1.82, 2.24) is 20.5 Å². The number of hydrogen-bond donors (Lipinski definition) is 5. The van der Waals surface area contributed by atoms with E-state index in [0.29, 0.717) is 56.5 Å². The first-order valence-corrected chi connectivity index (χ1v) is 14.6. The van der Waals surface area contributed by atoms with E-state index >= 15 is 0 Å². The number of benzene rings is 2. The van der Waals surface area contributed by atoms with Crippen molar-refractivity contribution in [3.05, 3.63) is 75.6 Å². The lowest BCUT2D eigenvalue weighted by atomic mass is 9.97. The normalized spacial score (nSPS) is 14.3. The maximum absolute atomic E-state index is 13.6. The molecule has 3 aromatic rings. The number of likely N-dealkylation sites (N-methyl/N-ethyl adjacent to an activating group) is 1. The Morgan fingerprint density at radius 1 is 1.07 bits per heavy atom. The molecule has 9 nitrogen and oxygen atoms in total. The molecule has 3 amide bonds. The second kappa shape index (κ2) is 13.4. The van der Waals surface area contributed by atoms with E-state index in [1.165, 1.54) is 0 Å². The van der Waals surface area contributed by atoms with Gasteiger partial charge in [0, 0.05) is 57.9 Å². The molecule has 0 saturated carbocycles. The van der Waals surface area contributed by atoms with Gasteiger partial charge in [0.25, 0.3) is 17.7 Å². The quantitative estimate of drug-likeness (QED) is 0.207. The van der Waals surface area contributed by atoms with E-state index in [1.54, 1.807) is 43.3 Å². The van der Waals surface area contributed by atoms with Gasteiger partial charge in [0.15, 0.2) is 0 Å². The van der Waals surface area contributed by atoms with E-state index < -0.39 is 6.10 Å². The Bertz CT molecular complexity index is 1510. The zero-order chi connectivity index (χ0) is 30.6. The Kier molecular flexibility index (Phi) is 9.88. The van der Waals surface area contributed by atoms with Gasteiger partial charge in [-0.25, -0.2) is 0 Å². The van der Waals surface area contributed by atoms with Gasteiger partial charge in [-0.05, 0) is 75.8 Å². The van der Waals surface area contributed by atoms with Crippen molar-refractivity contribution in [2.75, 3.05) is 31.5 Å². The third-order valence-electron chi connectivity index (χ3n) is 7.21. The summed E-state index contributed by atoms with van der Waals surface area (Å²) in [6, 6.07) is 12.2. The Morgan fingerprint density at radius 2 is 1.76 bits per heavy atom. The van der Waals surface area contributed by atoms with Gasteiger partial charge in [-0.1, -0.05) is 37.6 Å². The number of aromatic nitrogens is 1. The molecule has 0 fully saturated rings. The number of amides is 3. The lowest BCUT2D eigenvalue weighted by molar-refractivity contribution is -0.110. The van der Waals surface area contributed by atoms with Crippen LogP contribution in [0.5, 0.6) is 0 Å². The maximum atomic E-state index is 13.6. The van der Waals surface area contributed by atoms with Crippen LogP contribution in [0.3, 0.4) is 0 Å². The summed E-state index contributed by atoms with van der Waals surface area (Å²) in [6.45, 7) is 11.8. The monoisotopic (exact) mass is 591 g/mol. The number of aliphatic hydroxyl groups excluding tert-OH is 1. The van der Waals surface area contributed by atoms with E-state index in [-0.39, 0.29) is 30.3 Å². The SMILES string of the molecule is CCN(CC)CC(O)CNC(=O)c1c(C)[nH]c(C=C2C(=O)Nc3ccc(C(=O)NC(C)C)cc32)c1-c1ccc(Cl)cc1. The highest BCUT2D eigenvalue weighted by Crippen LogP contribution is 2.38. The zero-order valence-corrected chi connectivity index (χ0v) is 25.4. The predicted molar refractivity (Wildman–Crippen MR) is 168 cm³/mol. The van der Waals surface area contributed by atoms with Crippen molar-refractivity contribution in [2.24, 2.45) is 0 Å². The third-order valence-corrected chi connectivity index (χ3v) is 7.46. The standard InChI is InChI=1S/C32H38ClN5O4/c1-6-38(7-2)17-23(39)16-34-32(42)28-19(5)36-27(29(28)20-8-11-22(33)12-9-20)15-25-24-14-21(30(40)35-18(3)4)10-13-26(24)37-31(25)41/h8-15,18,23,36,39H,6-7,16-17H2,1-5H3,(H,34,42)(H,35,40)(H,37,41). The summed E-state index contributed by atoms with van der Waals surface area (Å²) in [4.78, 5) is 44.7. The van der Waals surface area contributed by atoms with Crippen LogP contribution in [0.2, 0.25) is 5.02 Å². The summed E-state index contributed by atoms with van der Waals surface area (Å²) in [7, 11) is 0. The van der Waals surface area contributed by atoms with Gasteiger partial charge in [0.1, 0.15) is 0 Å². The maximum Gasteiger partial charge on any atom is 0.256 e. The molecule has 1 aliphatic rings. The number of carbonyl (C=O) groups is 3. The minimum atomic E-state index is -0.727. The molecule has 0 spiro atoms. The predicted octanol–water partition coefficient (Wildman–Crippen LogP) is 4.71. The molecule has 0 bridgehead atoms. The second-order valence-electron chi connectivity index (χ2n) is 10.7. The van der Waals surface area contributed by atoms with Crippen LogP contribution in [0.25, 0.3) is 22.8 Å². The number of rotatable bonds is 11. The summed E-state index contributed by atoms with van der Waals surface area (Å²) < 4.78 is 0. The Balaban J connectivity index is 1.74. The van der Waals surface area contributed by atoms with Gasteiger partial charge < -0.3 is 30.9 Å². The van der Waals surface area contributed by atoms with Crippen molar-refractivity contribution >= 4 is 46.7 Å². The lowest BCUT2D eigenvalue weighted by Gasteiger charge is -2.22. The number of aliphatic hydroxyl groups is 1. The van der Waals surface area contributed by atoms with E-state index in [2.05, 4.69) is 25.8 Å². The van der Waals surface area contributed by atoms with Crippen LogP contribution in [0.1, 0.15) is 65.4 Å². The van der Waals surface area contributed by atoms with Crippen LogP contribution >= 0.6 is 11.6 Å². The molecular formula is C32H38ClN5O4. The zero-order valence-electron chi connectivity index (χ0n) is 24.6. The number of nitrogens with one attached hydrogen (secondary N) is 4. The van der Waals surface area contributed by atoms with Crippen molar-refractivity contribution in [3.8, 4) is 11.1 Å². The Hall–Kier alpha value is -3.92. The molecule has 1 atom stereocenters. The molecule has 0 radical (unpaired) electrons. The summed E-state index contributed by atoms with van der Waals surface area (Å²) in [6.07, 6.45) is 0.975. The van der Waals surface area contributed by atoms with Crippen LogP contribution in [-0.4, -0.2) is 71.0 Å². The van der Waals surface area contributed by atoms with Crippen LogP contribution < -0.4 is 16.0 Å². The highest BCUT2D eigenvalue weighted by Gasteiger charge is 2.28. The first kappa shape index (κ1) is 31.0. The van der Waals surface area contributed by atoms with E-state index in [1.807, 2.05) is 39.8 Å². The van der Waals surface area contributed by atoms with Gasteiger partial charge in [-0.15, -0.1) is 0 Å². The molecule has 10 heteroatoms. The molecule has 0 aliphatic carbocycles. The van der Waals surface area contributed by atoms with Gasteiger partial charge in [0.05, 0.1) is 17.2 Å². The molecule has 1 aliphatic heterocycles. The summed E-state index contributed by atoms with van der Waals surface area (Å²) >= 11 is 6.16. The van der Waals surface area contributed by atoms with Gasteiger partial charge in [0.2, 0.25) is 0 Å². The fourth-order valence-corrected chi connectivity index (χ4v) is 5.19. The van der Waals surface area contributed by atoms with E-state index in [4.69, 9.17) is 11.6 Å². The van der Waals surface area contributed by atoms with E-state index in [0.717, 1.165) is 18.7 Å². The summed E-state index contributed by atoms with van der Waals surface area (Å²) in [5, 5.41) is 19.7. The number of H-pyrrole nitrogens is 1. The molecule has 0 saturated heterocycles. The smallest absolute Gasteiger partial charge is 0.256 e. The average molecular weight is 592 g/mol. The van der Waals surface area contributed by atoms with Crippen molar-refractivity contribution < 1.29 is 19.5 Å². The molecule has 2 aromatic carbocycles. The molecule has 1 unspecified atom stereocenters. The number of carbonyl (C=O) groups excluding carboxylic acids is 3. The Morgan fingerprint density at radius 3 is 2.40 bits per heavy atom. The average Bonchev–Trinajstić information content (AvgIpc) is 3.45. The second-order valence-corrected chi connectivity index (χ2v) is 11.1. The van der Waals surface area contributed by atoms with E-state index in [9.17, 15) is 19.5 Å². The van der Waals surface area contributed by atoms with Crippen LogP contribution in [0.4, 0.5) is 5.69 Å². The van der Waals surface area contributed by atoms with Gasteiger partial charge >= 0.3 is 0 Å². The van der Waals surface area contributed by atoms with Gasteiger partial charge in [-0.2, -0.15) is 0 Å². The number of hydrogen-bond acceptors (Lipinski definition) is 5. The number of halogens is 1. The van der Waals surface area contributed by atoms with Crippen LogP contribution in [0, 0.1) is 6.92 Å². The van der Waals surface area contributed by atoms with Crippen LogP contribution in [0.15, 0.2) is 42.5 Å². The molecule has 222 valence electrons. The fourth-order valence-electron chi connectivity index (χ4n) is 5.06. The first-order chi connectivity index (χ1) is 20.0. The highest BCUT2D eigenvalue weighted by atomic mass is 35.5. The van der Waals surface area contributed by atoms with Crippen molar-refractivity contribution in [2.45, 2.75) is 46.8 Å². The number of anilines is 1. The molecule has 1 aromatic heterocycles.